The Balaban J connectivity index is 1.39. The fraction of sp³-hybridized carbons (Fsp3) is 0.0417. The number of benzene rings is 3. The molecule has 5 nitrogen and oxygen atoms in total. The topological polar surface area (TPSA) is 67.8 Å². The van der Waals surface area contributed by atoms with Crippen LogP contribution in [0.3, 0.4) is 0 Å². The highest BCUT2D eigenvalue weighted by molar-refractivity contribution is 8.18. The van der Waals surface area contributed by atoms with Crippen molar-refractivity contribution in [1.29, 1.82) is 0 Å². The van der Waals surface area contributed by atoms with E-state index in [9.17, 15) is 9.59 Å². The number of rotatable bonds is 5. The first-order chi connectivity index (χ1) is 15.5. The number of hydrogen-bond donors (Lipinski definition) is 1. The average Bonchev–Trinajstić information content (AvgIpc) is 3.13. The smallest absolute Gasteiger partial charge is 0.279 e. The first kappa shape index (κ1) is 22.1. The van der Waals surface area contributed by atoms with Gasteiger partial charge in [-0.25, -0.2) is 0 Å². The molecule has 1 N–H and O–H groups in total. The minimum atomic E-state index is -0.451. The Labute approximate surface area is 199 Å². The molecule has 0 aliphatic carbocycles. The molecular weight excluding hydrogens is 467 g/mol. The quantitative estimate of drug-likeness (QED) is 0.454. The maximum absolute atomic E-state index is 12.3. The van der Waals surface area contributed by atoms with Crippen LogP contribution in [0.2, 0.25) is 10.0 Å². The minimum Gasteiger partial charge on any atom is -0.489 e. The summed E-state index contributed by atoms with van der Waals surface area (Å²) in [6.07, 6.45) is 1.73. The molecule has 160 valence electrons. The van der Waals surface area contributed by atoms with Crippen molar-refractivity contribution >= 4 is 58.0 Å². The molecule has 3 aromatic rings. The summed E-state index contributed by atoms with van der Waals surface area (Å²) in [4.78, 5) is 29.0. The lowest BCUT2D eigenvalue weighted by Crippen LogP contribution is -2.20. The molecule has 8 heteroatoms. The number of carbonyl (C=O) groups is 2. The summed E-state index contributed by atoms with van der Waals surface area (Å²) in [7, 11) is 0. The Morgan fingerprint density at radius 3 is 2.22 bits per heavy atom. The summed E-state index contributed by atoms with van der Waals surface area (Å²) in [6.45, 7) is 0.428. The molecule has 2 amide bonds. The van der Waals surface area contributed by atoms with Crippen molar-refractivity contribution in [3.63, 3.8) is 0 Å². The van der Waals surface area contributed by atoms with E-state index in [0.29, 0.717) is 32.9 Å². The molecule has 0 atom stereocenters. The van der Waals surface area contributed by atoms with E-state index in [4.69, 9.17) is 27.9 Å². The standard InChI is InChI=1S/C24H16Cl2N2O3S/c25-18-7-1-16(2-8-18)14-31-20-11-3-15(4-12-20)13-21-23(30)28-24(32-21)27-22(29)17-5-9-19(26)10-6-17/h1-13H,14H2,(H,27,28,29,30)/b21-13-. The number of thioether (sulfide) groups is 1. The highest BCUT2D eigenvalue weighted by Gasteiger charge is 2.24. The van der Waals surface area contributed by atoms with Gasteiger partial charge in [-0.3, -0.25) is 9.59 Å². The molecule has 3 aromatic carbocycles. The molecule has 1 heterocycles. The van der Waals surface area contributed by atoms with Gasteiger partial charge in [0.2, 0.25) is 0 Å². The second-order valence-electron chi connectivity index (χ2n) is 6.78. The highest BCUT2D eigenvalue weighted by Crippen LogP contribution is 2.27. The van der Waals surface area contributed by atoms with E-state index >= 15 is 0 Å². The maximum Gasteiger partial charge on any atom is 0.279 e. The van der Waals surface area contributed by atoms with Crippen LogP contribution in [0.5, 0.6) is 5.75 Å². The van der Waals surface area contributed by atoms with Gasteiger partial charge >= 0.3 is 0 Å². The Bertz CT molecular complexity index is 1210. The number of nitrogens with one attached hydrogen (secondary N) is 1. The summed E-state index contributed by atoms with van der Waals surface area (Å²) in [5.74, 6) is -0.0462. The van der Waals surface area contributed by atoms with Gasteiger partial charge in [0.25, 0.3) is 11.8 Å². The van der Waals surface area contributed by atoms with Crippen LogP contribution in [0.1, 0.15) is 21.5 Å². The summed E-state index contributed by atoms with van der Waals surface area (Å²) in [5, 5.41) is 4.07. The lowest BCUT2D eigenvalue weighted by molar-refractivity contribution is -0.115. The van der Waals surface area contributed by atoms with E-state index in [2.05, 4.69) is 10.3 Å². The second kappa shape index (κ2) is 10.0. The normalized spacial score (nSPS) is 15.8. The summed E-state index contributed by atoms with van der Waals surface area (Å²) < 4.78 is 5.78. The molecule has 0 saturated carbocycles. The Hall–Kier alpha value is -3.06. The van der Waals surface area contributed by atoms with Crippen LogP contribution in [-0.2, 0) is 11.4 Å². The third-order valence-corrected chi connectivity index (χ3v) is 5.86. The van der Waals surface area contributed by atoms with Gasteiger partial charge in [-0.15, -0.1) is 0 Å². The molecule has 0 radical (unpaired) electrons. The first-order valence-electron chi connectivity index (χ1n) is 9.53. The van der Waals surface area contributed by atoms with Crippen LogP contribution in [0.4, 0.5) is 0 Å². The average molecular weight is 483 g/mol. The molecule has 4 rings (SSSR count). The lowest BCUT2D eigenvalue weighted by atomic mass is 10.2. The third-order valence-electron chi connectivity index (χ3n) is 4.44. The number of hydrogen-bond acceptors (Lipinski definition) is 4. The maximum atomic E-state index is 12.3. The third kappa shape index (κ3) is 5.79. The molecule has 1 aliphatic heterocycles. The van der Waals surface area contributed by atoms with Crippen LogP contribution in [-0.4, -0.2) is 17.0 Å². The molecule has 0 aromatic heterocycles. The largest absolute Gasteiger partial charge is 0.489 e. The molecule has 1 saturated heterocycles. The van der Waals surface area contributed by atoms with Crippen LogP contribution in [0.25, 0.3) is 6.08 Å². The number of amidine groups is 1. The molecule has 0 spiro atoms. The van der Waals surface area contributed by atoms with E-state index in [-0.39, 0.29) is 11.1 Å². The highest BCUT2D eigenvalue weighted by atomic mass is 35.5. The number of ether oxygens (including phenoxy) is 1. The Morgan fingerprint density at radius 2 is 1.56 bits per heavy atom. The zero-order valence-corrected chi connectivity index (χ0v) is 18.9. The zero-order valence-electron chi connectivity index (χ0n) is 16.5. The van der Waals surface area contributed by atoms with Gasteiger partial charge < -0.3 is 10.1 Å². The van der Waals surface area contributed by atoms with Crippen LogP contribution >= 0.6 is 35.0 Å². The van der Waals surface area contributed by atoms with Gasteiger partial charge in [0.05, 0.1) is 4.91 Å². The second-order valence-corrected chi connectivity index (χ2v) is 8.68. The van der Waals surface area contributed by atoms with Gasteiger partial charge in [-0.05, 0) is 77.5 Å². The first-order valence-corrected chi connectivity index (χ1v) is 11.1. The van der Waals surface area contributed by atoms with Crippen LogP contribution < -0.4 is 10.1 Å². The minimum absolute atomic E-state index is 0.240. The molecule has 0 unspecified atom stereocenters. The van der Waals surface area contributed by atoms with Gasteiger partial charge in [-0.1, -0.05) is 47.5 Å². The summed E-state index contributed by atoms with van der Waals surface area (Å²) >= 11 is 12.8. The fourth-order valence-corrected chi connectivity index (χ4v) is 3.86. The van der Waals surface area contributed by atoms with Crippen molar-refractivity contribution in [2.24, 2.45) is 4.99 Å². The summed E-state index contributed by atoms with van der Waals surface area (Å²) in [5.41, 5.74) is 2.23. The van der Waals surface area contributed by atoms with Crippen molar-refractivity contribution < 1.29 is 14.3 Å². The van der Waals surface area contributed by atoms with Crippen LogP contribution in [0, 0.1) is 0 Å². The van der Waals surface area contributed by atoms with Gasteiger partial charge in [0, 0.05) is 15.6 Å². The van der Waals surface area contributed by atoms with Gasteiger partial charge in [0.1, 0.15) is 12.4 Å². The predicted octanol–water partition coefficient (Wildman–Crippen LogP) is 5.97. The van der Waals surface area contributed by atoms with Crippen molar-refractivity contribution in [3.8, 4) is 5.75 Å². The Morgan fingerprint density at radius 1 is 0.938 bits per heavy atom. The van der Waals surface area contributed by atoms with E-state index < -0.39 is 5.91 Å². The Kier molecular flexibility index (Phi) is 6.95. The molecule has 1 fully saturated rings. The van der Waals surface area contributed by atoms with Crippen molar-refractivity contribution in [2.45, 2.75) is 6.61 Å². The zero-order chi connectivity index (χ0) is 22.5. The lowest BCUT2D eigenvalue weighted by Gasteiger charge is -2.06. The number of amides is 2. The van der Waals surface area contributed by atoms with Crippen molar-refractivity contribution in [3.05, 3.63) is 104 Å². The SMILES string of the molecule is O=C1NC(=NC(=O)c2ccc(Cl)cc2)S/C1=C\c1ccc(OCc2ccc(Cl)cc2)cc1. The van der Waals surface area contributed by atoms with E-state index in [1.54, 1.807) is 30.3 Å². The number of nitrogens with zero attached hydrogens (tertiary/aromatic N) is 1. The van der Waals surface area contributed by atoms with E-state index in [1.165, 1.54) is 0 Å². The van der Waals surface area contributed by atoms with Crippen LogP contribution in [0.15, 0.2) is 82.7 Å². The van der Waals surface area contributed by atoms with Crippen molar-refractivity contribution in [1.82, 2.24) is 5.32 Å². The monoisotopic (exact) mass is 482 g/mol. The molecule has 32 heavy (non-hydrogen) atoms. The van der Waals surface area contributed by atoms with Crippen molar-refractivity contribution in [2.75, 3.05) is 0 Å². The van der Waals surface area contributed by atoms with E-state index in [1.807, 2.05) is 48.5 Å². The number of halogens is 2. The molecule has 1 aliphatic rings. The number of carbonyl (C=O) groups excluding carboxylic acids is 2. The molecule has 0 bridgehead atoms. The number of aliphatic imine (C=N–C) groups is 1. The summed E-state index contributed by atoms with van der Waals surface area (Å²) in [6, 6.07) is 21.2. The van der Waals surface area contributed by atoms with E-state index in [0.717, 1.165) is 22.9 Å². The predicted molar refractivity (Wildman–Crippen MR) is 129 cm³/mol. The molecular formula is C24H16Cl2N2O3S. The van der Waals surface area contributed by atoms with Gasteiger partial charge in [0.15, 0.2) is 5.17 Å². The fourth-order valence-electron chi connectivity index (χ4n) is 2.79. The van der Waals surface area contributed by atoms with Gasteiger partial charge in [-0.2, -0.15) is 4.99 Å².